The van der Waals surface area contributed by atoms with Crippen LogP contribution in [-0.4, -0.2) is 49.8 Å². The molecule has 2 aliphatic carbocycles. The van der Waals surface area contributed by atoms with Crippen LogP contribution in [-0.2, 0) is 9.47 Å². The Kier molecular flexibility index (Phi) is 13.6. The molecule has 0 aliphatic heterocycles. The average Bonchev–Trinajstić information content (AvgIpc) is 3.46. The smallest absolute Gasteiger partial charge is 0.338 e. The molecular formula is C34H46N6O4Si. The van der Waals surface area contributed by atoms with Crippen molar-refractivity contribution in [2.45, 2.75) is 91.3 Å². The second-order valence-electron chi connectivity index (χ2n) is 12.1. The fraction of sp³-hybridized carbons (Fsp3) is 0.471. The molecule has 2 saturated carbocycles. The lowest BCUT2D eigenvalue weighted by Gasteiger charge is -2.28. The van der Waals surface area contributed by atoms with Gasteiger partial charge in [0.05, 0.1) is 31.5 Å². The number of azide groups is 1. The average molecular weight is 631 g/mol. The van der Waals surface area contributed by atoms with Crippen LogP contribution < -0.4 is 0 Å². The van der Waals surface area contributed by atoms with E-state index in [2.05, 4.69) is 37.1 Å². The van der Waals surface area contributed by atoms with Crippen LogP contribution in [0.4, 0.5) is 0 Å². The maximum absolute atomic E-state index is 11.9. The largest absolute Gasteiger partial charge is 0.465 e. The van der Waals surface area contributed by atoms with Gasteiger partial charge in [-0.15, -0.1) is 11.2 Å². The van der Waals surface area contributed by atoms with Gasteiger partial charge in [0.25, 0.3) is 0 Å². The Hall–Kier alpha value is -4.39. The van der Waals surface area contributed by atoms with Crippen molar-refractivity contribution in [1.82, 2.24) is 15.4 Å². The minimum Gasteiger partial charge on any atom is -0.465 e. The molecule has 3 aromatic rings. The Morgan fingerprint density at radius 1 is 0.956 bits per heavy atom. The summed E-state index contributed by atoms with van der Waals surface area (Å²) in [5.74, 6) is 3.19. The lowest BCUT2D eigenvalue weighted by Crippen LogP contribution is -2.13. The van der Waals surface area contributed by atoms with Crippen molar-refractivity contribution < 1.29 is 19.1 Å². The minimum absolute atomic E-state index is 0. The van der Waals surface area contributed by atoms with Crippen LogP contribution in [0.25, 0.3) is 21.7 Å². The van der Waals surface area contributed by atoms with Crippen molar-refractivity contribution >= 4 is 20.2 Å². The van der Waals surface area contributed by atoms with E-state index in [1.165, 1.54) is 63.9 Å². The molecule has 0 saturated heterocycles. The molecule has 2 aliphatic rings. The predicted octanol–water partition coefficient (Wildman–Crippen LogP) is 8.63. The molecule has 1 heterocycles. The van der Waals surface area contributed by atoms with Crippen molar-refractivity contribution in [3.05, 3.63) is 79.8 Å². The topological polar surface area (TPSA) is 143 Å². The zero-order valence-corrected chi connectivity index (χ0v) is 27.7. The number of H-pyrrole nitrogens is 1. The van der Waals surface area contributed by atoms with E-state index in [1.54, 1.807) is 12.3 Å². The minimum atomic E-state index is -1.45. The van der Waals surface area contributed by atoms with Crippen molar-refractivity contribution in [3.63, 3.8) is 0 Å². The highest BCUT2D eigenvalue weighted by atomic mass is 28.3. The molecule has 0 atom stereocenters. The van der Waals surface area contributed by atoms with E-state index in [9.17, 15) is 9.59 Å². The Bertz CT molecular complexity index is 1560. The number of carbonyl (C=O) groups excluding carboxylic acids is 2. The Labute approximate surface area is 268 Å². The summed E-state index contributed by atoms with van der Waals surface area (Å²) in [5.41, 5.74) is 16.0. The zero-order valence-electron chi connectivity index (χ0n) is 26.7. The summed E-state index contributed by atoms with van der Waals surface area (Å²) >= 11 is 0. The highest BCUT2D eigenvalue weighted by Gasteiger charge is 2.26. The van der Waals surface area contributed by atoms with Gasteiger partial charge in [0.1, 0.15) is 13.9 Å². The first kappa shape index (κ1) is 36.8. The van der Waals surface area contributed by atoms with Crippen LogP contribution in [0, 0.1) is 26.2 Å². The third-order valence-electron chi connectivity index (χ3n) is 7.88. The number of hydrogen-bond donors (Lipinski definition) is 1. The number of terminal acetylenes is 1. The van der Waals surface area contributed by atoms with Crippen LogP contribution in [0.1, 0.15) is 106 Å². The number of methoxy groups -OCH3 is 2. The number of hydrogen-bond acceptors (Lipinski definition) is 7. The standard InChI is InChI=1S/C15H17N3O2.C15H16O2.C3H9N3Si.CH4/c1-9-6-12(10-4-3-5-10)13(14-8-16-18-17-14)7-11(9)15(19)20-2;1-4-11-9-13(15(16)17-3)10(2)8-14(11)12-6-5-7-12;1-7(2,3)6-5-4;/h6-8,10H,3-5H2,1-2H3,(H,16,17,18);1,8-9,12H,5-7H2,2-3H3;1-3H3;1H4. The van der Waals surface area contributed by atoms with E-state index in [4.69, 9.17) is 21.4 Å². The number of nitrogens with one attached hydrogen (secondary N) is 1. The molecule has 1 N–H and O–H groups in total. The summed E-state index contributed by atoms with van der Waals surface area (Å²) in [6.07, 6.45) is 14.5. The molecule has 11 heteroatoms. The zero-order chi connectivity index (χ0) is 32.4. The van der Waals surface area contributed by atoms with Crippen molar-refractivity contribution in [2.75, 3.05) is 14.2 Å². The van der Waals surface area contributed by atoms with Gasteiger partial charge in [-0.2, -0.15) is 15.4 Å². The number of rotatable bonds is 6. The molecule has 45 heavy (non-hydrogen) atoms. The van der Waals surface area contributed by atoms with E-state index in [0.717, 1.165) is 27.9 Å². The maximum atomic E-state index is 11.9. The van der Waals surface area contributed by atoms with Gasteiger partial charge in [-0.25, -0.2) is 9.59 Å². The monoisotopic (exact) mass is 630 g/mol. The summed E-state index contributed by atoms with van der Waals surface area (Å²) < 4.78 is 13.2. The number of carbonyl (C=O) groups is 2. The molecule has 5 rings (SSSR count). The summed E-state index contributed by atoms with van der Waals surface area (Å²) in [6.45, 7) is 9.85. The fourth-order valence-electron chi connectivity index (χ4n) is 5.05. The van der Waals surface area contributed by atoms with Crippen molar-refractivity contribution in [3.8, 4) is 23.6 Å². The van der Waals surface area contributed by atoms with E-state index < -0.39 is 8.24 Å². The number of aromatic amines is 1. The first-order chi connectivity index (χ1) is 20.9. The van der Waals surface area contributed by atoms with Gasteiger partial charge in [0, 0.05) is 11.1 Å². The van der Waals surface area contributed by atoms with Crippen LogP contribution >= 0.6 is 0 Å². The van der Waals surface area contributed by atoms with Gasteiger partial charge in [-0.05, 0) is 96.2 Å². The number of nitrogens with zero attached hydrogens (tertiary/aromatic N) is 5. The van der Waals surface area contributed by atoms with Gasteiger partial charge >= 0.3 is 11.9 Å². The molecular weight excluding hydrogens is 584 g/mol. The number of esters is 2. The van der Waals surface area contributed by atoms with E-state index in [1.807, 2.05) is 45.6 Å². The third-order valence-corrected chi connectivity index (χ3v) is 8.57. The lowest BCUT2D eigenvalue weighted by atomic mass is 9.76. The number of aryl methyl sites for hydroxylation is 2. The highest BCUT2D eigenvalue weighted by molar-refractivity contribution is 6.74. The van der Waals surface area contributed by atoms with Gasteiger partial charge in [-0.3, -0.25) is 0 Å². The fourth-order valence-corrected chi connectivity index (χ4v) is 5.31. The summed E-state index contributed by atoms with van der Waals surface area (Å²) in [4.78, 5) is 26.1. The Balaban J connectivity index is 0.000000258. The second kappa shape index (κ2) is 16.6. The van der Waals surface area contributed by atoms with Crippen LogP contribution in [0.15, 0.2) is 35.2 Å². The van der Waals surface area contributed by atoms with Crippen LogP contribution in [0.5, 0.6) is 0 Å². The number of ether oxygens (including phenoxy) is 2. The summed E-state index contributed by atoms with van der Waals surface area (Å²) in [7, 11) is 1.34. The first-order valence-electron chi connectivity index (χ1n) is 14.8. The molecule has 0 bridgehead atoms. The SMILES string of the molecule is C.C#Cc1cc(C(=O)OC)c(C)cc1C1CCC1.COC(=O)c1cc(-c2cn[nH]n2)c(C2CCC2)cc1C.C[Si](C)(C)N=[N+]=[N-]. The van der Waals surface area contributed by atoms with Crippen molar-refractivity contribution in [1.29, 1.82) is 0 Å². The van der Waals surface area contributed by atoms with Gasteiger partial charge in [0.2, 0.25) is 0 Å². The highest BCUT2D eigenvalue weighted by Crippen LogP contribution is 2.42. The molecule has 1 aromatic heterocycles. The normalized spacial score (nSPS) is 13.8. The van der Waals surface area contributed by atoms with Crippen molar-refractivity contribution in [2.24, 2.45) is 4.78 Å². The lowest BCUT2D eigenvalue weighted by molar-refractivity contribution is 0.0591. The van der Waals surface area contributed by atoms with E-state index in [0.29, 0.717) is 23.0 Å². The number of aromatic nitrogens is 3. The maximum Gasteiger partial charge on any atom is 0.338 e. The third kappa shape index (κ3) is 9.54. The molecule has 2 fully saturated rings. The van der Waals surface area contributed by atoms with E-state index >= 15 is 0 Å². The summed E-state index contributed by atoms with van der Waals surface area (Å²) in [5, 5.41) is 10.7. The molecule has 240 valence electrons. The Morgan fingerprint density at radius 2 is 1.47 bits per heavy atom. The van der Waals surface area contributed by atoms with Crippen LogP contribution in [0.3, 0.4) is 0 Å². The quantitative estimate of drug-likeness (QED) is 0.0721. The molecule has 0 amide bonds. The molecule has 0 radical (unpaired) electrons. The summed E-state index contributed by atoms with van der Waals surface area (Å²) in [6, 6.07) is 7.81. The predicted molar refractivity (Wildman–Crippen MR) is 181 cm³/mol. The molecule has 2 aromatic carbocycles. The number of benzene rings is 2. The van der Waals surface area contributed by atoms with Gasteiger partial charge in [0.15, 0.2) is 0 Å². The molecule has 0 spiro atoms. The van der Waals surface area contributed by atoms with Crippen LogP contribution in [0.2, 0.25) is 19.6 Å². The second-order valence-corrected chi connectivity index (χ2v) is 16.6. The molecule has 0 unspecified atom stereocenters. The Morgan fingerprint density at radius 3 is 1.84 bits per heavy atom. The van der Waals surface area contributed by atoms with Gasteiger partial charge in [-0.1, -0.05) is 58.0 Å². The van der Waals surface area contributed by atoms with Gasteiger partial charge < -0.3 is 9.47 Å². The molecule has 10 nitrogen and oxygen atoms in total. The van der Waals surface area contributed by atoms with E-state index in [-0.39, 0.29) is 19.4 Å². The first-order valence-corrected chi connectivity index (χ1v) is 18.2.